The maximum atomic E-state index is 13.3. The highest BCUT2D eigenvalue weighted by molar-refractivity contribution is 5.87. The standard InChI is InChI=1S/C28H26N4O4/c1-18-24(27-30-26(31-36-27)20-8-5-4-6-9-20)25(21-10-7-11-23(16-21)35-3)29-28(33)32(18)17-19-12-14-22(34-2)15-13-19/h4-16,25H,17H2,1-3H3,(H,29,33). The molecule has 1 aromatic heterocycles. The van der Waals surface area contributed by atoms with E-state index in [0.29, 0.717) is 24.0 Å². The molecule has 4 aromatic rings. The molecule has 1 atom stereocenters. The van der Waals surface area contributed by atoms with Gasteiger partial charge in [-0.25, -0.2) is 4.79 Å². The molecule has 8 nitrogen and oxygen atoms in total. The Bertz CT molecular complexity index is 1400. The number of urea groups is 1. The van der Waals surface area contributed by atoms with Crippen LogP contribution in [-0.4, -0.2) is 35.3 Å². The molecule has 1 aliphatic heterocycles. The maximum Gasteiger partial charge on any atom is 0.322 e. The van der Waals surface area contributed by atoms with Crippen LogP contribution in [0.15, 0.2) is 89.1 Å². The highest BCUT2D eigenvalue weighted by Gasteiger charge is 2.36. The molecule has 0 bridgehead atoms. The molecule has 8 heteroatoms. The van der Waals surface area contributed by atoms with Crippen molar-refractivity contribution in [2.24, 2.45) is 0 Å². The number of benzene rings is 3. The van der Waals surface area contributed by atoms with Gasteiger partial charge in [-0.3, -0.25) is 4.90 Å². The molecule has 3 aromatic carbocycles. The number of allylic oxidation sites excluding steroid dienone is 1. The van der Waals surface area contributed by atoms with Crippen molar-refractivity contribution in [2.75, 3.05) is 14.2 Å². The molecular weight excluding hydrogens is 456 g/mol. The summed E-state index contributed by atoms with van der Waals surface area (Å²) in [6.07, 6.45) is 0. The molecule has 182 valence electrons. The lowest BCUT2D eigenvalue weighted by Gasteiger charge is -2.35. The van der Waals surface area contributed by atoms with Crippen molar-refractivity contribution >= 4 is 11.6 Å². The van der Waals surface area contributed by atoms with Gasteiger partial charge < -0.3 is 19.3 Å². The van der Waals surface area contributed by atoms with E-state index in [1.807, 2.05) is 85.8 Å². The van der Waals surface area contributed by atoms with Crippen molar-refractivity contribution in [3.05, 3.63) is 102 Å². The van der Waals surface area contributed by atoms with Gasteiger partial charge in [0.2, 0.25) is 5.82 Å². The number of aromatic nitrogens is 2. The normalized spacial score (nSPS) is 15.6. The van der Waals surface area contributed by atoms with E-state index in [2.05, 4.69) is 10.5 Å². The van der Waals surface area contributed by atoms with Crippen LogP contribution < -0.4 is 14.8 Å². The Morgan fingerprint density at radius 1 is 0.944 bits per heavy atom. The molecule has 2 amide bonds. The molecule has 0 fully saturated rings. The van der Waals surface area contributed by atoms with Crippen molar-refractivity contribution in [3.63, 3.8) is 0 Å². The van der Waals surface area contributed by atoms with Gasteiger partial charge in [0.25, 0.3) is 5.89 Å². The van der Waals surface area contributed by atoms with Crippen LogP contribution in [0.4, 0.5) is 4.79 Å². The molecular formula is C28H26N4O4. The lowest BCUT2D eigenvalue weighted by atomic mass is 9.94. The summed E-state index contributed by atoms with van der Waals surface area (Å²) in [7, 11) is 3.24. The summed E-state index contributed by atoms with van der Waals surface area (Å²) in [6.45, 7) is 2.27. The van der Waals surface area contributed by atoms with Crippen molar-refractivity contribution in [2.45, 2.75) is 19.5 Å². The zero-order valence-electron chi connectivity index (χ0n) is 20.3. The summed E-state index contributed by atoms with van der Waals surface area (Å²) in [5.74, 6) is 2.27. The van der Waals surface area contributed by atoms with Gasteiger partial charge in [-0.2, -0.15) is 4.98 Å². The van der Waals surface area contributed by atoms with E-state index in [1.54, 1.807) is 19.1 Å². The van der Waals surface area contributed by atoms with Gasteiger partial charge >= 0.3 is 6.03 Å². The number of nitrogens with zero attached hydrogens (tertiary/aromatic N) is 3. The molecule has 2 heterocycles. The average Bonchev–Trinajstić information content (AvgIpc) is 3.41. The molecule has 36 heavy (non-hydrogen) atoms. The second-order valence-electron chi connectivity index (χ2n) is 8.38. The Labute approximate surface area is 209 Å². The van der Waals surface area contributed by atoms with E-state index in [9.17, 15) is 4.79 Å². The van der Waals surface area contributed by atoms with Gasteiger partial charge in [0.1, 0.15) is 11.5 Å². The van der Waals surface area contributed by atoms with E-state index in [0.717, 1.165) is 33.7 Å². The van der Waals surface area contributed by atoms with E-state index < -0.39 is 6.04 Å². The second-order valence-corrected chi connectivity index (χ2v) is 8.38. The summed E-state index contributed by atoms with van der Waals surface area (Å²) in [5.41, 5.74) is 4.11. The van der Waals surface area contributed by atoms with E-state index in [1.165, 1.54) is 0 Å². The summed E-state index contributed by atoms with van der Waals surface area (Å²) in [5, 5.41) is 7.34. The highest BCUT2D eigenvalue weighted by atomic mass is 16.5. The fourth-order valence-electron chi connectivity index (χ4n) is 4.27. The Morgan fingerprint density at radius 3 is 2.42 bits per heavy atom. The summed E-state index contributed by atoms with van der Waals surface area (Å²) < 4.78 is 16.4. The molecule has 0 aliphatic carbocycles. The third-order valence-electron chi connectivity index (χ3n) is 6.21. The first-order valence-electron chi connectivity index (χ1n) is 11.5. The second kappa shape index (κ2) is 9.95. The van der Waals surface area contributed by atoms with Gasteiger partial charge in [0.15, 0.2) is 0 Å². The molecule has 0 saturated heterocycles. The number of rotatable bonds is 7. The monoisotopic (exact) mass is 482 g/mol. The smallest absolute Gasteiger partial charge is 0.322 e. The number of amides is 2. The minimum absolute atomic E-state index is 0.220. The largest absolute Gasteiger partial charge is 0.497 e. The van der Waals surface area contributed by atoms with Gasteiger partial charge in [0.05, 0.1) is 32.4 Å². The van der Waals surface area contributed by atoms with Gasteiger partial charge in [-0.1, -0.05) is 59.8 Å². The first kappa shape index (κ1) is 23.2. The molecule has 1 N–H and O–H groups in total. The van der Waals surface area contributed by atoms with Crippen LogP contribution in [0.2, 0.25) is 0 Å². The Kier molecular flexibility index (Phi) is 6.40. The molecule has 0 spiro atoms. The highest BCUT2D eigenvalue weighted by Crippen LogP contribution is 2.38. The predicted molar refractivity (Wildman–Crippen MR) is 135 cm³/mol. The number of carbonyl (C=O) groups is 1. The third-order valence-corrected chi connectivity index (χ3v) is 6.21. The zero-order chi connectivity index (χ0) is 25.1. The minimum Gasteiger partial charge on any atom is -0.497 e. The minimum atomic E-state index is -0.496. The van der Waals surface area contributed by atoms with Gasteiger partial charge in [0, 0.05) is 11.3 Å². The van der Waals surface area contributed by atoms with Crippen LogP contribution in [-0.2, 0) is 6.54 Å². The van der Waals surface area contributed by atoms with Crippen LogP contribution in [0, 0.1) is 0 Å². The SMILES string of the molecule is COc1ccc(CN2C(=O)NC(c3cccc(OC)c3)C(c3nc(-c4ccccc4)no3)=C2C)cc1. The summed E-state index contributed by atoms with van der Waals surface area (Å²) in [4.78, 5) is 19.7. The topological polar surface area (TPSA) is 89.7 Å². The van der Waals surface area contributed by atoms with E-state index >= 15 is 0 Å². The lowest BCUT2D eigenvalue weighted by Crippen LogP contribution is -2.45. The van der Waals surface area contributed by atoms with Gasteiger partial charge in [-0.05, 0) is 42.3 Å². The van der Waals surface area contributed by atoms with Crippen molar-refractivity contribution < 1.29 is 18.8 Å². The molecule has 0 saturated carbocycles. The van der Waals surface area contributed by atoms with Crippen molar-refractivity contribution in [1.29, 1.82) is 0 Å². The fourth-order valence-corrected chi connectivity index (χ4v) is 4.27. The van der Waals surface area contributed by atoms with Crippen LogP contribution in [0.1, 0.15) is 30.0 Å². The predicted octanol–water partition coefficient (Wildman–Crippen LogP) is 5.45. The van der Waals surface area contributed by atoms with Gasteiger partial charge in [-0.15, -0.1) is 0 Å². The fraction of sp³-hybridized carbons (Fsp3) is 0.179. The number of methoxy groups -OCH3 is 2. The van der Waals surface area contributed by atoms with Crippen LogP contribution in [0.3, 0.4) is 0 Å². The quantitative estimate of drug-likeness (QED) is 0.377. The van der Waals surface area contributed by atoms with Crippen LogP contribution >= 0.6 is 0 Å². The molecule has 1 aliphatic rings. The van der Waals surface area contributed by atoms with Crippen molar-refractivity contribution in [3.8, 4) is 22.9 Å². The van der Waals surface area contributed by atoms with E-state index in [-0.39, 0.29) is 6.03 Å². The third kappa shape index (κ3) is 4.53. The van der Waals surface area contributed by atoms with Crippen molar-refractivity contribution in [1.82, 2.24) is 20.4 Å². The lowest BCUT2D eigenvalue weighted by molar-refractivity contribution is 0.203. The Hall–Kier alpha value is -4.59. The number of nitrogens with one attached hydrogen (secondary N) is 1. The van der Waals surface area contributed by atoms with E-state index in [4.69, 9.17) is 19.0 Å². The Morgan fingerprint density at radius 2 is 1.69 bits per heavy atom. The molecule has 1 unspecified atom stereocenters. The number of hydrogen-bond donors (Lipinski definition) is 1. The first-order chi connectivity index (χ1) is 17.6. The molecule has 0 radical (unpaired) electrons. The molecule has 5 rings (SSSR count). The number of hydrogen-bond acceptors (Lipinski definition) is 6. The first-order valence-corrected chi connectivity index (χ1v) is 11.5. The number of carbonyl (C=O) groups excluding carboxylic acids is 1. The summed E-state index contributed by atoms with van der Waals surface area (Å²) >= 11 is 0. The number of ether oxygens (including phenoxy) is 2. The van der Waals surface area contributed by atoms with Crippen LogP contribution in [0.25, 0.3) is 17.0 Å². The maximum absolute atomic E-state index is 13.3. The average molecular weight is 483 g/mol. The zero-order valence-corrected chi connectivity index (χ0v) is 20.3. The van der Waals surface area contributed by atoms with Crippen LogP contribution in [0.5, 0.6) is 11.5 Å². The summed E-state index contributed by atoms with van der Waals surface area (Å²) in [6, 6.07) is 24.1. The Balaban J connectivity index is 1.58.